The van der Waals surface area contributed by atoms with E-state index in [4.69, 9.17) is 0 Å². The van der Waals surface area contributed by atoms with E-state index in [1.165, 1.54) is 17.0 Å². The Hall–Kier alpha value is -2.95. The highest BCUT2D eigenvalue weighted by Gasteiger charge is 2.46. The van der Waals surface area contributed by atoms with E-state index in [1.54, 1.807) is 42.5 Å². The van der Waals surface area contributed by atoms with Gasteiger partial charge in [0, 0.05) is 17.7 Å². The SMILES string of the molecule is CC(C)CN1C(=O)C(=O)C(=C(O)c2ccccc2)C1c1ccccc1F. The quantitative estimate of drug-likeness (QED) is 0.515. The van der Waals surface area contributed by atoms with Gasteiger partial charge in [0.15, 0.2) is 0 Å². The number of carbonyl (C=O) groups is 2. The molecule has 134 valence electrons. The van der Waals surface area contributed by atoms with E-state index in [2.05, 4.69) is 0 Å². The molecule has 0 spiro atoms. The number of ketones is 1. The van der Waals surface area contributed by atoms with Gasteiger partial charge in [-0.1, -0.05) is 62.4 Å². The first-order valence-electron chi connectivity index (χ1n) is 8.50. The van der Waals surface area contributed by atoms with Gasteiger partial charge < -0.3 is 10.0 Å². The number of amides is 1. The highest BCUT2D eigenvalue weighted by atomic mass is 19.1. The Balaban J connectivity index is 2.22. The van der Waals surface area contributed by atoms with E-state index in [1.807, 2.05) is 13.8 Å². The number of rotatable bonds is 4. The number of benzene rings is 2. The summed E-state index contributed by atoms with van der Waals surface area (Å²) in [5.74, 6) is -2.24. The summed E-state index contributed by atoms with van der Waals surface area (Å²) < 4.78 is 14.5. The van der Waals surface area contributed by atoms with Crippen LogP contribution in [0.1, 0.15) is 31.0 Å². The van der Waals surface area contributed by atoms with Crippen LogP contribution in [0, 0.1) is 11.7 Å². The third-order valence-electron chi connectivity index (χ3n) is 4.35. The molecule has 1 unspecified atom stereocenters. The molecule has 4 nitrogen and oxygen atoms in total. The lowest BCUT2D eigenvalue weighted by molar-refractivity contribution is -0.140. The maximum absolute atomic E-state index is 14.5. The van der Waals surface area contributed by atoms with E-state index in [0.29, 0.717) is 5.56 Å². The van der Waals surface area contributed by atoms with Crippen molar-refractivity contribution in [3.63, 3.8) is 0 Å². The number of likely N-dealkylation sites (tertiary alicyclic amines) is 1. The second-order valence-electron chi connectivity index (χ2n) is 6.73. The smallest absolute Gasteiger partial charge is 0.295 e. The summed E-state index contributed by atoms with van der Waals surface area (Å²) in [4.78, 5) is 26.6. The van der Waals surface area contributed by atoms with Crippen LogP contribution in [0.2, 0.25) is 0 Å². The van der Waals surface area contributed by atoms with Crippen molar-refractivity contribution in [3.05, 3.63) is 77.1 Å². The monoisotopic (exact) mass is 353 g/mol. The first kappa shape index (κ1) is 17.9. The number of carbonyl (C=O) groups excluding carboxylic acids is 2. The molecule has 0 aliphatic carbocycles. The highest BCUT2D eigenvalue weighted by molar-refractivity contribution is 6.46. The molecule has 2 aromatic rings. The minimum Gasteiger partial charge on any atom is -0.507 e. The van der Waals surface area contributed by atoms with E-state index in [-0.39, 0.29) is 29.4 Å². The van der Waals surface area contributed by atoms with Gasteiger partial charge in [-0.25, -0.2) is 4.39 Å². The normalized spacial score (nSPS) is 19.4. The molecule has 1 N–H and O–H groups in total. The molecule has 2 aromatic carbocycles. The zero-order valence-electron chi connectivity index (χ0n) is 14.6. The van der Waals surface area contributed by atoms with Crippen molar-refractivity contribution in [1.82, 2.24) is 4.90 Å². The van der Waals surface area contributed by atoms with Gasteiger partial charge in [-0.3, -0.25) is 9.59 Å². The molecule has 1 fully saturated rings. The number of aliphatic hydroxyl groups excluding tert-OH is 1. The Morgan fingerprint density at radius 1 is 1.08 bits per heavy atom. The highest BCUT2D eigenvalue weighted by Crippen LogP contribution is 2.40. The molecule has 1 saturated heterocycles. The molecule has 0 bridgehead atoms. The van der Waals surface area contributed by atoms with Crippen LogP contribution in [0.25, 0.3) is 5.76 Å². The molecule has 1 aliphatic heterocycles. The van der Waals surface area contributed by atoms with Crippen LogP contribution >= 0.6 is 0 Å². The topological polar surface area (TPSA) is 57.6 Å². The third kappa shape index (κ3) is 3.12. The Kier molecular flexibility index (Phi) is 4.89. The number of Topliss-reactive ketones (excluding diaryl/α,β-unsaturated/α-hetero) is 1. The van der Waals surface area contributed by atoms with Crippen molar-refractivity contribution in [2.24, 2.45) is 5.92 Å². The standard InChI is InChI=1S/C21H20FNO3/c1-13(2)12-23-18(15-10-6-7-11-16(15)22)17(20(25)21(23)26)19(24)14-8-4-3-5-9-14/h3-11,13,18,24H,12H2,1-2H3. The Morgan fingerprint density at radius 2 is 1.69 bits per heavy atom. The zero-order valence-corrected chi connectivity index (χ0v) is 14.6. The van der Waals surface area contributed by atoms with Crippen LogP contribution in [0.3, 0.4) is 0 Å². The number of halogens is 1. The lowest BCUT2D eigenvalue weighted by Gasteiger charge is -2.27. The number of aliphatic hydroxyl groups is 1. The molecule has 0 radical (unpaired) electrons. The molecular formula is C21H20FNO3. The van der Waals surface area contributed by atoms with Crippen LogP contribution in [-0.2, 0) is 9.59 Å². The van der Waals surface area contributed by atoms with Crippen molar-refractivity contribution in [3.8, 4) is 0 Å². The maximum atomic E-state index is 14.5. The summed E-state index contributed by atoms with van der Waals surface area (Å²) in [6, 6.07) is 13.6. The second kappa shape index (κ2) is 7.12. The molecule has 1 aliphatic rings. The van der Waals surface area contributed by atoms with Gasteiger partial charge in [0.05, 0.1) is 11.6 Å². The summed E-state index contributed by atoms with van der Waals surface area (Å²) in [6.07, 6.45) is 0. The molecule has 1 atom stereocenters. The molecule has 5 heteroatoms. The Bertz CT molecular complexity index is 874. The second-order valence-corrected chi connectivity index (χ2v) is 6.73. The molecule has 26 heavy (non-hydrogen) atoms. The van der Waals surface area contributed by atoms with Gasteiger partial charge in [-0.05, 0) is 12.0 Å². The number of hydrogen-bond acceptors (Lipinski definition) is 3. The van der Waals surface area contributed by atoms with Gasteiger partial charge in [0.2, 0.25) is 0 Å². The van der Waals surface area contributed by atoms with Crippen LogP contribution in [0.5, 0.6) is 0 Å². The zero-order chi connectivity index (χ0) is 18.8. The minimum absolute atomic E-state index is 0.0769. The van der Waals surface area contributed by atoms with Crippen LogP contribution in [0.15, 0.2) is 60.2 Å². The predicted octanol–water partition coefficient (Wildman–Crippen LogP) is 3.90. The summed E-state index contributed by atoms with van der Waals surface area (Å²) in [7, 11) is 0. The van der Waals surface area contributed by atoms with Gasteiger partial charge in [-0.2, -0.15) is 0 Å². The van der Waals surface area contributed by atoms with Crippen molar-refractivity contribution < 1.29 is 19.1 Å². The van der Waals surface area contributed by atoms with Crippen molar-refractivity contribution in [2.45, 2.75) is 19.9 Å². The summed E-state index contributed by atoms with van der Waals surface area (Å²) >= 11 is 0. The average molecular weight is 353 g/mol. The van der Waals surface area contributed by atoms with Crippen LogP contribution in [-0.4, -0.2) is 28.2 Å². The lowest BCUT2D eigenvalue weighted by atomic mass is 9.94. The van der Waals surface area contributed by atoms with E-state index < -0.39 is 23.5 Å². The molecule has 1 heterocycles. The average Bonchev–Trinajstić information content (AvgIpc) is 2.87. The number of nitrogens with zero attached hydrogens (tertiary/aromatic N) is 1. The Labute approximate surface area is 151 Å². The molecule has 3 rings (SSSR count). The molecular weight excluding hydrogens is 333 g/mol. The molecule has 0 aromatic heterocycles. The lowest BCUT2D eigenvalue weighted by Crippen LogP contribution is -2.33. The molecule has 1 amide bonds. The van der Waals surface area contributed by atoms with E-state index in [9.17, 15) is 19.1 Å². The first-order valence-corrected chi connectivity index (χ1v) is 8.50. The predicted molar refractivity (Wildman–Crippen MR) is 96.7 cm³/mol. The Morgan fingerprint density at radius 3 is 2.31 bits per heavy atom. The van der Waals surface area contributed by atoms with Crippen molar-refractivity contribution in [1.29, 1.82) is 0 Å². The fraction of sp³-hybridized carbons (Fsp3) is 0.238. The van der Waals surface area contributed by atoms with Crippen LogP contribution < -0.4 is 0 Å². The largest absolute Gasteiger partial charge is 0.507 e. The summed E-state index contributed by atoms with van der Waals surface area (Å²) in [5, 5.41) is 10.7. The third-order valence-corrected chi connectivity index (χ3v) is 4.35. The fourth-order valence-electron chi connectivity index (χ4n) is 3.23. The van der Waals surface area contributed by atoms with Gasteiger partial charge in [0.1, 0.15) is 11.6 Å². The van der Waals surface area contributed by atoms with Gasteiger partial charge >= 0.3 is 0 Å². The van der Waals surface area contributed by atoms with Crippen LogP contribution in [0.4, 0.5) is 4.39 Å². The summed E-state index contributed by atoms with van der Waals surface area (Å²) in [6.45, 7) is 4.11. The van der Waals surface area contributed by atoms with Crippen molar-refractivity contribution in [2.75, 3.05) is 6.54 Å². The fourth-order valence-corrected chi connectivity index (χ4v) is 3.23. The van der Waals surface area contributed by atoms with E-state index in [0.717, 1.165) is 0 Å². The van der Waals surface area contributed by atoms with Gasteiger partial charge in [-0.15, -0.1) is 0 Å². The molecule has 0 saturated carbocycles. The number of hydrogen-bond donors (Lipinski definition) is 1. The van der Waals surface area contributed by atoms with Crippen molar-refractivity contribution >= 4 is 17.4 Å². The van der Waals surface area contributed by atoms with Gasteiger partial charge in [0.25, 0.3) is 11.7 Å². The minimum atomic E-state index is -0.946. The summed E-state index contributed by atoms with van der Waals surface area (Å²) in [5.41, 5.74) is 0.535. The first-order chi connectivity index (χ1) is 12.4. The van der Waals surface area contributed by atoms with E-state index >= 15 is 0 Å². The maximum Gasteiger partial charge on any atom is 0.295 e.